The molecular weight excluding hydrogens is 234 g/mol. The Hall–Kier alpha value is -0.650. The second-order valence-corrected chi connectivity index (χ2v) is 3.88. The third-order valence-corrected chi connectivity index (χ3v) is 2.27. The molecule has 0 atom stereocenters. The highest BCUT2D eigenvalue weighted by atomic mass is 16.5. The molecule has 0 aromatic heterocycles. The molecule has 0 aliphatic carbocycles. The van der Waals surface area contributed by atoms with Gasteiger partial charge in [-0.25, -0.2) is 0 Å². The highest BCUT2D eigenvalue weighted by molar-refractivity contribution is 5.75. The van der Waals surface area contributed by atoms with Crippen molar-refractivity contribution in [2.45, 2.75) is 33.1 Å². The maximum Gasteiger partial charge on any atom is 0.222 e. The summed E-state index contributed by atoms with van der Waals surface area (Å²) in [4.78, 5) is 11.3. The second-order valence-electron chi connectivity index (χ2n) is 3.88. The van der Waals surface area contributed by atoms with Gasteiger partial charge in [0.2, 0.25) is 5.91 Å². The first-order valence-electron chi connectivity index (χ1n) is 6.81. The van der Waals surface area contributed by atoms with E-state index in [1.165, 1.54) is 0 Å². The summed E-state index contributed by atoms with van der Waals surface area (Å²) < 4.78 is 15.7. The lowest BCUT2D eigenvalue weighted by Gasteiger charge is -2.06. The summed E-state index contributed by atoms with van der Waals surface area (Å²) in [6.45, 7) is 8.26. The van der Waals surface area contributed by atoms with E-state index in [1.807, 2.05) is 6.92 Å². The van der Waals surface area contributed by atoms with E-state index in [4.69, 9.17) is 14.2 Å². The van der Waals surface area contributed by atoms with Gasteiger partial charge < -0.3 is 19.5 Å². The fourth-order valence-corrected chi connectivity index (χ4v) is 1.24. The summed E-state index contributed by atoms with van der Waals surface area (Å²) in [6.07, 6.45) is 2.54. The van der Waals surface area contributed by atoms with Crippen LogP contribution >= 0.6 is 0 Å². The fourth-order valence-electron chi connectivity index (χ4n) is 1.24. The van der Waals surface area contributed by atoms with Gasteiger partial charge in [0.25, 0.3) is 0 Å². The lowest BCUT2D eigenvalue weighted by Crippen LogP contribution is -2.25. The van der Waals surface area contributed by atoms with Crippen molar-refractivity contribution < 1.29 is 19.0 Å². The van der Waals surface area contributed by atoms with Crippen LogP contribution in [0.3, 0.4) is 0 Å². The molecule has 0 aromatic rings. The lowest BCUT2D eigenvalue weighted by atomic mass is 10.3. The van der Waals surface area contributed by atoms with Crippen LogP contribution in [0.15, 0.2) is 0 Å². The molecule has 0 spiro atoms. The Morgan fingerprint density at radius 1 is 0.944 bits per heavy atom. The average molecular weight is 261 g/mol. The predicted molar refractivity (Wildman–Crippen MR) is 70.7 cm³/mol. The van der Waals surface area contributed by atoms with Crippen LogP contribution in [0.4, 0.5) is 0 Å². The van der Waals surface area contributed by atoms with Gasteiger partial charge in [0.15, 0.2) is 0 Å². The van der Waals surface area contributed by atoms with Gasteiger partial charge in [0.1, 0.15) is 0 Å². The number of ether oxygens (including phenoxy) is 3. The summed E-state index contributed by atoms with van der Waals surface area (Å²) in [7, 11) is 0. The van der Waals surface area contributed by atoms with Crippen LogP contribution < -0.4 is 5.32 Å². The SMILES string of the molecule is CCCCNC(=O)CCOCCOCCOCC. The van der Waals surface area contributed by atoms with E-state index < -0.39 is 0 Å². The molecule has 108 valence electrons. The Kier molecular flexibility index (Phi) is 13.9. The smallest absolute Gasteiger partial charge is 0.222 e. The molecular formula is C13H27NO4. The quantitative estimate of drug-likeness (QED) is 0.509. The van der Waals surface area contributed by atoms with Gasteiger partial charge in [-0.2, -0.15) is 0 Å². The number of hydrogen-bond donors (Lipinski definition) is 1. The Labute approximate surface area is 110 Å². The van der Waals surface area contributed by atoms with Crippen LogP contribution in [0, 0.1) is 0 Å². The van der Waals surface area contributed by atoms with Gasteiger partial charge in [-0.05, 0) is 13.3 Å². The van der Waals surface area contributed by atoms with Crippen LogP contribution in [0.2, 0.25) is 0 Å². The van der Waals surface area contributed by atoms with E-state index in [0.717, 1.165) is 19.4 Å². The molecule has 0 unspecified atom stereocenters. The van der Waals surface area contributed by atoms with Crippen LogP contribution in [-0.4, -0.2) is 52.1 Å². The molecule has 0 aliphatic heterocycles. The number of hydrogen-bond acceptors (Lipinski definition) is 4. The Morgan fingerprint density at radius 2 is 1.56 bits per heavy atom. The summed E-state index contributed by atoms with van der Waals surface area (Å²) in [5, 5.41) is 2.84. The van der Waals surface area contributed by atoms with E-state index in [1.54, 1.807) is 0 Å². The minimum Gasteiger partial charge on any atom is -0.379 e. The van der Waals surface area contributed by atoms with Crippen molar-refractivity contribution in [3.8, 4) is 0 Å². The molecule has 1 amide bonds. The van der Waals surface area contributed by atoms with Crippen molar-refractivity contribution in [1.82, 2.24) is 5.32 Å². The van der Waals surface area contributed by atoms with Crippen LogP contribution in [0.25, 0.3) is 0 Å². The van der Waals surface area contributed by atoms with Crippen molar-refractivity contribution in [2.24, 2.45) is 0 Å². The normalized spacial score (nSPS) is 10.6. The predicted octanol–water partition coefficient (Wildman–Crippen LogP) is 1.36. The molecule has 0 saturated heterocycles. The summed E-state index contributed by atoms with van der Waals surface area (Å²) in [5.41, 5.74) is 0. The van der Waals surface area contributed by atoms with Crippen molar-refractivity contribution in [1.29, 1.82) is 0 Å². The zero-order valence-electron chi connectivity index (χ0n) is 11.7. The minimum atomic E-state index is 0.0562. The molecule has 0 bridgehead atoms. The topological polar surface area (TPSA) is 56.8 Å². The van der Waals surface area contributed by atoms with Crippen molar-refractivity contribution in [3.63, 3.8) is 0 Å². The highest BCUT2D eigenvalue weighted by Crippen LogP contribution is 1.87. The summed E-state index contributed by atoms with van der Waals surface area (Å²) in [5.74, 6) is 0.0562. The molecule has 5 heteroatoms. The largest absolute Gasteiger partial charge is 0.379 e. The first-order valence-corrected chi connectivity index (χ1v) is 6.81. The monoisotopic (exact) mass is 261 g/mol. The van der Waals surface area contributed by atoms with E-state index in [-0.39, 0.29) is 5.91 Å². The molecule has 0 heterocycles. The summed E-state index contributed by atoms with van der Waals surface area (Å²) >= 11 is 0. The molecule has 0 fully saturated rings. The molecule has 0 radical (unpaired) electrons. The van der Waals surface area contributed by atoms with Gasteiger partial charge in [-0.15, -0.1) is 0 Å². The van der Waals surface area contributed by atoms with Crippen LogP contribution in [0.5, 0.6) is 0 Å². The fraction of sp³-hybridized carbons (Fsp3) is 0.923. The second kappa shape index (κ2) is 14.4. The van der Waals surface area contributed by atoms with Gasteiger partial charge in [0.05, 0.1) is 33.0 Å². The number of nitrogens with one attached hydrogen (secondary N) is 1. The number of carbonyl (C=O) groups is 1. The van der Waals surface area contributed by atoms with Crippen LogP contribution in [0.1, 0.15) is 33.1 Å². The number of amides is 1. The Balaban J connectivity index is 3.08. The number of unbranched alkanes of at least 4 members (excludes halogenated alkanes) is 1. The van der Waals surface area contributed by atoms with Gasteiger partial charge in [0, 0.05) is 19.6 Å². The van der Waals surface area contributed by atoms with Crippen molar-refractivity contribution >= 4 is 5.91 Å². The van der Waals surface area contributed by atoms with E-state index >= 15 is 0 Å². The zero-order valence-corrected chi connectivity index (χ0v) is 11.7. The third kappa shape index (κ3) is 13.4. The van der Waals surface area contributed by atoms with Crippen molar-refractivity contribution in [3.05, 3.63) is 0 Å². The van der Waals surface area contributed by atoms with Crippen LogP contribution in [-0.2, 0) is 19.0 Å². The van der Waals surface area contributed by atoms with E-state index in [9.17, 15) is 4.79 Å². The van der Waals surface area contributed by atoms with E-state index in [0.29, 0.717) is 46.1 Å². The third-order valence-electron chi connectivity index (χ3n) is 2.27. The Morgan fingerprint density at radius 3 is 2.17 bits per heavy atom. The maximum absolute atomic E-state index is 11.3. The standard InChI is InChI=1S/C13H27NO4/c1-3-5-7-14-13(15)6-8-17-11-12-18-10-9-16-4-2/h3-12H2,1-2H3,(H,14,15). The number of rotatable bonds is 13. The Bertz CT molecular complexity index is 188. The highest BCUT2D eigenvalue weighted by Gasteiger charge is 1.99. The first-order chi connectivity index (χ1) is 8.81. The van der Waals surface area contributed by atoms with Gasteiger partial charge in [-0.3, -0.25) is 4.79 Å². The molecule has 0 saturated carbocycles. The molecule has 0 aliphatic rings. The minimum absolute atomic E-state index is 0.0562. The molecule has 0 aromatic carbocycles. The lowest BCUT2D eigenvalue weighted by molar-refractivity contribution is -0.122. The average Bonchev–Trinajstić information content (AvgIpc) is 2.37. The van der Waals surface area contributed by atoms with Crippen molar-refractivity contribution in [2.75, 3.05) is 46.2 Å². The van der Waals surface area contributed by atoms with Gasteiger partial charge >= 0.3 is 0 Å². The molecule has 5 nitrogen and oxygen atoms in total. The molecule has 0 rings (SSSR count). The first kappa shape index (κ1) is 17.4. The number of carbonyl (C=O) groups excluding carboxylic acids is 1. The zero-order chi connectivity index (χ0) is 13.5. The summed E-state index contributed by atoms with van der Waals surface area (Å²) in [6, 6.07) is 0. The molecule has 1 N–H and O–H groups in total. The van der Waals surface area contributed by atoms with Gasteiger partial charge in [-0.1, -0.05) is 13.3 Å². The molecule has 18 heavy (non-hydrogen) atoms. The van der Waals surface area contributed by atoms with E-state index in [2.05, 4.69) is 12.2 Å². The maximum atomic E-state index is 11.3.